The molecule has 2 bridgehead atoms. The summed E-state index contributed by atoms with van der Waals surface area (Å²) in [4.78, 5) is 24.7. The summed E-state index contributed by atoms with van der Waals surface area (Å²) in [6.07, 6.45) is 1.37. The minimum absolute atomic E-state index is 0. The number of amides is 3. The Labute approximate surface area is 147 Å². The van der Waals surface area contributed by atoms with E-state index in [2.05, 4.69) is 9.38 Å². The molecule has 13 heteroatoms. The molecule has 0 aromatic carbocycles. The number of hydrogen-bond donors (Lipinski definition) is 1. The first kappa shape index (κ1) is 17.2. The normalized spacial score (nSPS) is 23.3. The van der Waals surface area contributed by atoms with Crippen LogP contribution >= 0.6 is 0 Å². The Morgan fingerprint density at radius 1 is 1.55 bits per heavy atom. The van der Waals surface area contributed by atoms with E-state index in [1.54, 1.807) is 7.05 Å². The molecule has 1 saturated heterocycles. The van der Waals surface area contributed by atoms with Gasteiger partial charge in [-0.25, -0.2) is 4.79 Å². The van der Waals surface area contributed by atoms with Crippen LogP contribution in [-0.2, 0) is 26.5 Å². The molecule has 1 aromatic rings. The molecule has 0 saturated carbocycles. The Kier molecular flexibility index (Phi) is 4.27. The largest absolute Gasteiger partial charge is 1.00 e. The molecule has 3 heterocycles. The van der Waals surface area contributed by atoms with Crippen LogP contribution in [0, 0.1) is 0 Å². The second-order valence-corrected chi connectivity index (χ2v) is 5.66. The van der Waals surface area contributed by atoms with E-state index < -0.39 is 34.4 Å². The van der Waals surface area contributed by atoms with E-state index in [4.69, 9.17) is 10.3 Å². The molecule has 2 aliphatic rings. The van der Waals surface area contributed by atoms with E-state index in [0.29, 0.717) is 16.3 Å². The number of aromatic nitrogens is 2. The van der Waals surface area contributed by atoms with Crippen molar-refractivity contribution >= 4 is 22.3 Å². The minimum Gasteiger partial charge on any atom is -0.666 e. The summed E-state index contributed by atoms with van der Waals surface area (Å²) >= 11 is 0. The van der Waals surface area contributed by atoms with Crippen molar-refractivity contribution in [2.24, 2.45) is 7.05 Å². The number of carbonyl (C=O) groups excluding carboxylic acids is 2. The van der Waals surface area contributed by atoms with E-state index in [9.17, 15) is 18.0 Å². The molecule has 22 heavy (non-hydrogen) atoms. The fraction of sp³-hybridized carbons (Fsp3) is 0.444. The number of hydroxylamine groups is 2. The molecule has 1 aromatic heterocycles. The fourth-order valence-corrected chi connectivity index (χ4v) is 3.06. The molecular formula is C9H10N5NaO6S. The van der Waals surface area contributed by atoms with Gasteiger partial charge in [-0.2, -0.15) is 18.6 Å². The van der Waals surface area contributed by atoms with Crippen molar-refractivity contribution in [1.82, 2.24) is 19.7 Å². The maximum absolute atomic E-state index is 12.1. The molecule has 1 fully saturated rings. The summed E-state index contributed by atoms with van der Waals surface area (Å²) in [6, 6.07) is -2.94. The maximum atomic E-state index is 12.1. The monoisotopic (exact) mass is 339 g/mol. The smallest absolute Gasteiger partial charge is 0.666 e. The summed E-state index contributed by atoms with van der Waals surface area (Å²) < 4.78 is 36.1. The molecule has 3 amide bonds. The van der Waals surface area contributed by atoms with E-state index >= 15 is 0 Å². The minimum atomic E-state index is -4.89. The van der Waals surface area contributed by atoms with Crippen LogP contribution in [0.3, 0.4) is 0 Å². The first-order valence-corrected chi connectivity index (χ1v) is 7.11. The van der Waals surface area contributed by atoms with Crippen LogP contribution in [0.1, 0.15) is 23.3 Å². The number of hydrogen-bond acceptors (Lipinski definition) is 6. The van der Waals surface area contributed by atoms with Crippen molar-refractivity contribution in [1.29, 1.82) is 0 Å². The molecule has 2 N–H and O–H groups in total. The quantitative estimate of drug-likeness (QED) is 0.445. The number of carbonyl (C=O) groups is 2. The third kappa shape index (κ3) is 2.51. The average molecular weight is 339 g/mol. The van der Waals surface area contributed by atoms with Crippen LogP contribution in [0.15, 0.2) is 6.20 Å². The second-order valence-electron chi connectivity index (χ2n) is 4.65. The number of rotatable bonds is 3. The fourth-order valence-electron chi connectivity index (χ4n) is 2.69. The maximum Gasteiger partial charge on any atom is 1.00 e. The van der Waals surface area contributed by atoms with Crippen molar-refractivity contribution in [3.05, 3.63) is 23.2 Å². The van der Waals surface area contributed by atoms with Crippen molar-refractivity contribution in [3.8, 4) is 0 Å². The van der Waals surface area contributed by atoms with Crippen LogP contribution in [0.2, 0.25) is 0 Å². The molecule has 0 radical (unpaired) electrons. The molecule has 3 rings (SSSR count). The van der Waals surface area contributed by atoms with Crippen molar-refractivity contribution < 1.29 is 56.4 Å². The van der Waals surface area contributed by atoms with Crippen molar-refractivity contribution in [3.63, 3.8) is 0 Å². The van der Waals surface area contributed by atoms with Crippen molar-refractivity contribution in [2.45, 2.75) is 12.1 Å². The zero-order chi connectivity index (χ0) is 15.5. The SMILES string of the molecule is Cn1ncc2c1[C@@H](C([NH-])=O)N1C[C@H]2N(OS(=O)(=O)O)C1=O.[Na+]. The first-order chi connectivity index (χ1) is 9.70. The predicted molar refractivity (Wildman–Crippen MR) is 64.6 cm³/mol. The standard InChI is InChI=1S/C9H11N5O6S.Na/c1-12-6-4(2-11-12)5-3-13(7(6)8(10)15)9(16)14(5)20-21(17,18)19;/h2,5,7H,3H2,1H3,(H3,10,15,17,18,19);/q;+1/p-1/t5-,7+;/m1./s1. The number of urea groups is 1. The van der Waals surface area contributed by atoms with Crippen molar-refractivity contribution in [2.75, 3.05) is 6.54 Å². The Hall–Kier alpha value is -1.18. The molecule has 11 nitrogen and oxygen atoms in total. The third-order valence-electron chi connectivity index (χ3n) is 3.45. The molecule has 0 spiro atoms. The van der Waals surface area contributed by atoms with Gasteiger partial charge in [-0.05, 0) is 0 Å². The van der Waals surface area contributed by atoms with Gasteiger partial charge in [-0.3, -0.25) is 9.23 Å². The second kappa shape index (κ2) is 5.47. The van der Waals surface area contributed by atoms with Gasteiger partial charge in [0.15, 0.2) is 0 Å². The van der Waals surface area contributed by atoms with Gasteiger partial charge in [0.2, 0.25) is 0 Å². The number of fused-ring (bicyclic) bond motifs is 4. The van der Waals surface area contributed by atoms with Crippen LogP contribution in [0.25, 0.3) is 5.73 Å². The molecule has 2 atom stereocenters. The number of aryl methyl sites for hydroxylation is 1. The van der Waals surface area contributed by atoms with Gasteiger partial charge in [0, 0.05) is 12.6 Å². The molecular weight excluding hydrogens is 329 g/mol. The topological polar surface area (TPSA) is 146 Å². The Morgan fingerprint density at radius 3 is 2.73 bits per heavy atom. The van der Waals surface area contributed by atoms with E-state index in [1.165, 1.54) is 10.9 Å². The van der Waals surface area contributed by atoms with Gasteiger partial charge < -0.3 is 15.4 Å². The molecule has 114 valence electrons. The van der Waals surface area contributed by atoms with E-state index in [1.807, 2.05) is 0 Å². The molecule has 0 unspecified atom stereocenters. The first-order valence-electron chi connectivity index (χ1n) is 5.75. The van der Waals surface area contributed by atoms with E-state index in [-0.39, 0.29) is 36.1 Å². The summed E-state index contributed by atoms with van der Waals surface area (Å²) in [5, 5.41) is 4.43. The van der Waals surface area contributed by atoms with Crippen LogP contribution in [0.5, 0.6) is 0 Å². The summed E-state index contributed by atoms with van der Waals surface area (Å²) in [5.41, 5.74) is 8.04. The van der Waals surface area contributed by atoms with Gasteiger partial charge >= 0.3 is 46.0 Å². The average Bonchev–Trinajstić information content (AvgIpc) is 2.84. The van der Waals surface area contributed by atoms with E-state index in [0.717, 1.165) is 4.90 Å². The Bertz CT molecular complexity index is 748. The number of nitrogens with zero attached hydrogens (tertiary/aromatic N) is 4. The third-order valence-corrected chi connectivity index (χ3v) is 3.80. The Balaban J connectivity index is 0.00000176. The Morgan fingerprint density at radius 2 is 2.18 bits per heavy atom. The van der Waals surface area contributed by atoms with Gasteiger partial charge in [-0.1, -0.05) is 0 Å². The van der Waals surface area contributed by atoms with Gasteiger partial charge in [0.25, 0.3) is 0 Å². The van der Waals surface area contributed by atoms with Gasteiger partial charge in [0.05, 0.1) is 24.3 Å². The molecule has 2 aliphatic heterocycles. The number of nitrogens with one attached hydrogen (secondary N) is 1. The molecule has 0 aliphatic carbocycles. The van der Waals surface area contributed by atoms with Crippen LogP contribution in [0.4, 0.5) is 4.79 Å². The summed E-state index contributed by atoms with van der Waals surface area (Å²) in [7, 11) is -3.35. The van der Waals surface area contributed by atoms with Gasteiger partial charge in [0.1, 0.15) is 12.1 Å². The zero-order valence-corrected chi connectivity index (χ0v) is 14.4. The van der Waals surface area contributed by atoms with Crippen LogP contribution < -0.4 is 29.6 Å². The zero-order valence-electron chi connectivity index (χ0n) is 11.6. The van der Waals surface area contributed by atoms with Gasteiger partial charge in [-0.15, -0.1) is 4.28 Å². The van der Waals surface area contributed by atoms with Crippen LogP contribution in [-0.4, -0.2) is 51.2 Å². The summed E-state index contributed by atoms with van der Waals surface area (Å²) in [6.45, 7) is -0.0394. The predicted octanol–water partition coefficient (Wildman–Crippen LogP) is -3.43. The summed E-state index contributed by atoms with van der Waals surface area (Å²) in [5.74, 6) is -1.03.